The van der Waals surface area contributed by atoms with E-state index < -0.39 is 0 Å². The molecule has 1 aromatic carbocycles. The van der Waals surface area contributed by atoms with Gasteiger partial charge in [-0.05, 0) is 28.1 Å². The summed E-state index contributed by atoms with van der Waals surface area (Å²) < 4.78 is 9.82. The van der Waals surface area contributed by atoms with E-state index in [-0.39, 0.29) is 5.91 Å². The zero-order valence-corrected chi connectivity index (χ0v) is 11.2. The van der Waals surface area contributed by atoms with Gasteiger partial charge in [0.2, 0.25) is 5.91 Å². The van der Waals surface area contributed by atoms with E-state index >= 15 is 0 Å². The van der Waals surface area contributed by atoms with Crippen LogP contribution in [-0.4, -0.2) is 34.9 Å². The van der Waals surface area contributed by atoms with Crippen LogP contribution in [0.2, 0.25) is 0 Å². The van der Waals surface area contributed by atoms with E-state index in [1.54, 1.807) is 0 Å². The first-order chi connectivity index (χ1) is 9.81. The molecule has 0 fully saturated rings. The van der Waals surface area contributed by atoms with Crippen molar-refractivity contribution in [1.29, 1.82) is 0 Å². The SMILES string of the molecule is O=C(CCn1cnnn1)NCc1ccc2nsnc2c1. The van der Waals surface area contributed by atoms with Crippen molar-refractivity contribution in [3.63, 3.8) is 0 Å². The number of aromatic nitrogens is 6. The van der Waals surface area contributed by atoms with E-state index in [0.29, 0.717) is 19.5 Å². The summed E-state index contributed by atoms with van der Waals surface area (Å²) >= 11 is 1.18. The second-order valence-corrected chi connectivity index (χ2v) is 4.72. The van der Waals surface area contributed by atoms with Gasteiger partial charge in [-0.25, -0.2) is 4.68 Å². The van der Waals surface area contributed by atoms with Crippen molar-refractivity contribution in [2.24, 2.45) is 0 Å². The van der Waals surface area contributed by atoms with Crippen LogP contribution in [0.4, 0.5) is 0 Å². The molecule has 3 rings (SSSR count). The van der Waals surface area contributed by atoms with Gasteiger partial charge in [0.05, 0.1) is 18.3 Å². The summed E-state index contributed by atoms with van der Waals surface area (Å²) in [6.07, 6.45) is 1.82. The van der Waals surface area contributed by atoms with Gasteiger partial charge in [-0.2, -0.15) is 8.75 Å². The van der Waals surface area contributed by atoms with Crippen molar-refractivity contribution in [1.82, 2.24) is 34.3 Å². The fourth-order valence-electron chi connectivity index (χ4n) is 1.73. The second kappa shape index (κ2) is 5.70. The van der Waals surface area contributed by atoms with E-state index in [0.717, 1.165) is 16.6 Å². The molecule has 0 saturated carbocycles. The molecule has 9 heteroatoms. The van der Waals surface area contributed by atoms with Crippen molar-refractivity contribution >= 4 is 28.7 Å². The molecular weight excluding hydrogens is 278 g/mol. The highest BCUT2D eigenvalue weighted by Crippen LogP contribution is 2.13. The standard InChI is InChI=1S/C11H11N7OS/c19-11(3-4-18-7-13-16-17-18)12-6-8-1-2-9-10(5-8)15-20-14-9/h1-2,5,7H,3-4,6H2,(H,12,19). The molecule has 0 aliphatic heterocycles. The summed E-state index contributed by atoms with van der Waals surface area (Å²) in [5.41, 5.74) is 2.74. The Balaban J connectivity index is 1.51. The summed E-state index contributed by atoms with van der Waals surface area (Å²) in [5, 5.41) is 13.6. The predicted octanol–water partition coefficient (Wildman–Crippen LogP) is 0.384. The highest BCUT2D eigenvalue weighted by molar-refractivity contribution is 7.00. The Hall–Kier alpha value is -2.42. The number of fused-ring (bicyclic) bond motifs is 1. The van der Waals surface area contributed by atoms with Gasteiger partial charge < -0.3 is 5.32 Å². The number of benzene rings is 1. The molecule has 8 nitrogen and oxygen atoms in total. The molecule has 2 aromatic heterocycles. The van der Waals surface area contributed by atoms with Gasteiger partial charge in [-0.3, -0.25) is 4.79 Å². The Morgan fingerprint density at radius 1 is 1.30 bits per heavy atom. The van der Waals surface area contributed by atoms with E-state index in [4.69, 9.17) is 0 Å². The quantitative estimate of drug-likeness (QED) is 0.729. The molecule has 2 heterocycles. The van der Waals surface area contributed by atoms with Crippen LogP contribution in [0.5, 0.6) is 0 Å². The van der Waals surface area contributed by atoms with E-state index in [9.17, 15) is 4.79 Å². The van der Waals surface area contributed by atoms with Crippen molar-refractivity contribution in [2.45, 2.75) is 19.5 Å². The van der Waals surface area contributed by atoms with Crippen molar-refractivity contribution in [3.05, 3.63) is 30.1 Å². The minimum absolute atomic E-state index is 0.0444. The van der Waals surface area contributed by atoms with Crippen LogP contribution in [0, 0.1) is 0 Å². The summed E-state index contributed by atoms with van der Waals surface area (Å²) in [5.74, 6) is -0.0444. The van der Waals surface area contributed by atoms with Crippen LogP contribution >= 0.6 is 11.7 Å². The van der Waals surface area contributed by atoms with Crippen LogP contribution in [0.3, 0.4) is 0 Å². The van der Waals surface area contributed by atoms with Crippen LogP contribution in [0.1, 0.15) is 12.0 Å². The van der Waals surface area contributed by atoms with Crippen molar-refractivity contribution in [2.75, 3.05) is 0 Å². The molecule has 0 saturated heterocycles. The maximum absolute atomic E-state index is 11.7. The molecule has 0 atom stereocenters. The summed E-state index contributed by atoms with van der Waals surface area (Å²) in [4.78, 5) is 11.7. The number of hydrogen-bond acceptors (Lipinski definition) is 7. The third-order valence-corrected chi connectivity index (χ3v) is 3.32. The Morgan fingerprint density at radius 3 is 3.05 bits per heavy atom. The minimum atomic E-state index is -0.0444. The molecule has 102 valence electrons. The second-order valence-electron chi connectivity index (χ2n) is 4.19. The summed E-state index contributed by atoms with van der Waals surface area (Å²) in [6.45, 7) is 0.940. The number of rotatable bonds is 5. The first-order valence-corrected chi connectivity index (χ1v) is 6.73. The third-order valence-electron chi connectivity index (χ3n) is 2.77. The Morgan fingerprint density at radius 2 is 2.20 bits per heavy atom. The molecule has 0 aliphatic carbocycles. The lowest BCUT2D eigenvalue weighted by Crippen LogP contribution is -2.24. The predicted molar refractivity (Wildman–Crippen MR) is 71.7 cm³/mol. The van der Waals surface area contributed by atoms with Gasteiger partial charge in [0.1, 0.15) is 17.4 Å². The number of aryl methyl sites for hydroxylation is 1. The van der Waals surface area contributed by atoms with E-state index in [1.165, 1.54) is 22.7 Å². The lowest BCUT2D eigenvalue weighted by molar-refractivity contribution is -0.121. The molecule has 3 aromatic rings. The average molecular weight is 289 g/mol. The van der Waals surface area contributed by atoms with Crippen molar-refractivity contribution < 1.29 is 4.79 Å². The van der Waals surface area contributed by atoms with E-state index in [2.05, 4.69) is 29.6 Å². The molecule has 0 bridgehead atoms. The zero-order valence-electron chi connectivity index (χ0n) is 10.4. The van der Waals surface area contributed by atoms with Crippen LogP contribution in [0.15, 0.2) is 24.5 Å². The van der Waals surface area contributed by atoms with Gasteiger partial charge in [-0.1, -0.05) is 6.07 Å². The molecule has 20 heavy (non-hydrogen) atoms. The largest absolute Gasteiger partial charge is 0.352 e. The molecule has 0 unspecified atom stereocenters. The molecule has 1 N–H and O–H groups in total. The van der Waals surface area contributed by atoms with Crippen LogP contribution in [0.25, 0.3) is 11.0 Å². The minimum Gasteiger partial charge on any atom is -0.352 e. The van der Waals surface area contributed by atoms with Gasteiger partial charge in [0.15, 0.2) is 0 Å². The monoisotopic (exact) mass is 289 g/mol. The van der Waals surface area contributed by atoms with Gasteiger partial charge in [-0.15, -0.1) is 5.10 Å². The number of amides is 1. The first-order valence-electron chi connectivity index (χ1n) is 6.00. The third kappa shape index (κ3) is 2.94. The average Bonchev–Trinajstić information content (AvgIpc) is 3.13. The molecule has 0 spiro atoms. The molecule has 1 amide bonds. The van der Waals surface area contributed by atoms with Crippen molar-refractivity contribution in [3.8, 4) is 0 Å². The summed E-state index contributed by atoms with van der Waals surface area (Å²) in [6, 6.07) is 5.77. The first kappa shape index (κ1) is 12.6. The fraction of sp³-hybridized carbons (Fsp3) is 0.273. The lowest BCUT2D eigenvalue weighted by atomic mass is 10.2. The highest BCUT2D eigenvalue weighted by atomic mass is 32.1. The zero-order chi connectivity index (χ0) is 13.8. The Kier molecular flexibility index (Phi) is 3.59. The number of nitrogens with one attached hydrogen (secondary N) is 1. The van der Waals surface area contributed by atoms with Gasteiger partial charge in [0, 0.05) is 13.0 Å². The lowest BCUT2D eigenvalue weighted by Gasteiger charge is -2.05. The molecular formula is C11H11N7OS. The van der Waals surface area contributed by atoms with Gasteiger partial charge in [0.25, 0.3) is 0 Å². The number of carbonyl (C=O) groups excluding carboxylic acids is 1. The fourth-order valence-corrected chi connectivity index (χ4v) is 2.24. The van der Waals surface area contributed by atoms with Gasteiger partial charge >= 0.3 is 0 Å². The Labute approximate surface area is 118 Å². The van der Waals surface area contributed by atoms with Crippen LogP contribution in [-0.2, 0) is 17.9 Å². The normalized spacial score (nSPS) is 10.8. The smallest absolute Gasteiger partial charge is 0.222 e. The molecule has 0 radical (unpaired) electrons. The number of tetrazole rings is 1. The summed E-state index contributed by atoms with van der Waals surface area (Å²) in [7, 11) is 0. The van der Waals surface area contributed by atoms with Crippen LogP contribution < -0.4 is 5.32 Å². The highest BCUT2D eigenvalue weighted by Gasteiger charge is 2.04. The topological polar surface area (TPSA) is 98.5 Å². The number of nitrogens with zero attached hydrogens (tertiary/aromatic N) is 6. The maximum Gasteiger partial charge on any atom is 0.222 e. The maximum atomic E-state index is 11.7. The number of hydrogen-bond donors (Lipinski definition) is 1. The number of carbonyl (C=O) groups is 1. The Bertz CT molecular complexity index is 708. The van der Waals surface area contributed by atoms with E-state index in [1.807, 2.05) is 18.2 Å². The molecule has 0 aliphatic rings.